The van der Waals surface area contributed by atoms with Crippen LogP contribution in [-0.4, -0.2) is 164 Å². The Bertz CT molecular complexity index is 2900. The van der Waals surface area contributed by atoms with Crippen molar-refractivity contribution >= 4 is 70.9 Å². The van der Waals surface area contributed by atoms with Crippen LogP contribution >= 0.6 is 0 Å². The minimum Gasteiger partial charge on any atom is -0.387 e. The predicted molar refractivity (Wildman–Crippen MR) is 296 cm³/mol. The van der Waals surface area contributed by atoms with Gasteiger partial charge in [0.25, 0.3) is 11.8 Å². The van der Waals surface area contributed by atoms with Crippen molar-refractivity contribution in [2.45, 2.75) is 148 Å². The van der Waals surface area contributed by atoms with Gasteiger partial charge >= 0.3 is 5.97 Å². The van der Waals surface area contributed by atoms with Crippen LogP contribution in [0.15, 0.2) is 60.8 Å². The van der Waals surface area contributed by atoms with Crippen molar-refractivity contribution < 1.29 is 86.5 Å². The van der Waals surface area contributed by atoms with E-state index in [1.165, 1.54) is 25.7 Å². The molecule has 1 aliphatic rings. The molecule has 3 aromatic rings. The number of aliphatic hydroxyl groups is 3. The zero-order chi connectivity index (χ0) is 63.3. The number of hydrogen-bond acceptors (Lipinski definition) is 16. The van der Waals surface area contributed by atoms with Crippen LogP contribution in [0.4, 0.5) is 8.78 Å². The van der Waals surface area contributed by atoms with Gasteiger partial charge in [-0.1, -0.05) is 51.1 Å². The number of benzene rings is 2. The molecule has 12 N–H and O–H groups in total. The Labute approximate surface area is 488 Å². The van der Waals surface area contributed by atoms with Gasteiger partial charge in [-0.2, -0.15) is 0 Å². The number of carbonyl (C=O) groups is 12. The van der Waals surface area contributed by atoms with E-state index in [1.807, 2.05) is 12.1 Å². The zero-order valence-corrected chi connectivity index (χ0v) is 48.0. The smallest absolute Gasteiger partial charge is 0.333 e. The summed E-state index contributed by atoms with van der Waals surface area (Å²) in [4.78, 5) is 161. The van der Waals surface area contributed by atoms with Gasteiger partial charge in [0, 0.05) is 88.2 Å². The van der Waals surface area contributed by atoms with Crippen molar-refractivity contribution in [1.29, 1.82) is 0 Å². The first kappa shape index (κ1) is 68.8. The molecule has 0 saturated carbocycles. The Balaban J connectivity index is 1.63. The second kappa shape index (κ2) is 32.4. The number of primary amides is 1. The molecular formula is C56H75F2N11O16. The first-order valence-corrected chi connectivity index (χ1v) is 27.3. The van der Waals surface area contributed by atoms with E-state index in [4.69, 9.17) is 10.6 Å². The molecule has 11 amide bonds. The van der Waals surface area contributed by atoms with Crippen molar-refractivity contribution in [3.8, 4) is 11.1 Å². The van der Waals surface area contributed by atoms with Gasteiger partial charge in [-0.3, -0.25) is 52.7 Å². The third-order valence-corrected chi connectivity index (χ3v) is 13.2. The molecule has 464 valence electrons. The SMILES string of the molecule is CC(=O)N[C@@H](C)C(=O)N[C@H](C)C(=O)N[C@@H](CC(N)=O)C(=O)N[C@@H](CCN(C(=O)CO)[C@@H](c1cc(-c2cc(F)ccc2F)cn1Cc1ccccc1)C(C)(C)C)C(=O)NCCNC(=O)[C@@H](CCC(O)O)NC(=O)CCCC(=O)ON1C(=O)CCC1=O. The highest BCUT2D eigenvalue weighted by Gasteiger charge is 2.39. The molecule has 0 aliphatic carbocycles. The monoisotopic (exact) mass is 1200 g/mol. The summed E-state index contributed by atoms with van der Waals surface area (Å²) in [5, 5.41) is 47.0. The standard InChI is InChI=1S/C56H75F2N11O16/c1-31(62-33(3)71)51(80)63-32(2)52(81)66-41(27-43(59)72)55(84)65-40(54(83)61-23-22-60-53(82)39(17-20-48(77)78)64-44(73)13-10-14-49(79)85-69-45(74)18-19-46(69)75)21-24-68(47(76)30-70)50(56(4,5)6)42-25-35(37-26-36(57)15-16-38(37)58)29-67(42)28-34-11-8-7-9-12-34/h7-9,11-12,15-16,25-26,29,31-32,39-41,48,50,70,77-78H,10,13-14,17-24,27-28,30H2,1-6H3,(H2,59,72)(H,60,82)(H,61,83)(H,62,71)(H,63,80)(H,64,73)(H,65,84)(H,66,81)/t31-,32+,39+,40-,41-,50-/m0/s1. The van der Waals surface area contributed by atoms with Gasteiger partial charge in [0.2, 0.25) is 53.2 Å². The summed E-state index contributed by atoms with van der Waals surface area (Å²) < 4.78 is 31.9. The number of amides is 11. The summed E-state index contributed by atoms with van der Waals surface area (Å²) in [5.41, 5.74) is 5.84. The highest BCUT2D eigenvalue weighted by Crippen LogP contribution is 2.41. The number of hydrogen-bond donors (Lipinski definition) is 11. The Morgan fingerprint density at radius 2 is 1.32 bits per heavy atom. The van der Waals surface area contributed by atoms with E-state index in [1.54, 1.807) is 55.8 Å². The van der Waals surface area contributed by atoms with Crippen LogP contribution in [0.5, 0.6) is 0 Å². The van der Waals surface area contributed by atoms with Gasteiger partial charge in [0.1, 0.15) is 48.5 Å². The van der Waals surface area contributed by atoms with Gasteiger partial charge in [0.15, 0.2) is 6.29 Å². The molecule has 2 heterocycles. The minimum absolute atomic E-state index is 0.0968. The highest BCUT2D eigenvalue weighted by atomic mass is 19.1. The number of nitrogens with one attached hydrogen (secondary N) is 7. The molecule has 2 aromatic carbocycles. The molecule has 29 heteroatoms. The first-order chi connectivity index (χ1) is 40.0. The lowest BCUT2D eigenvalue weighted by Crippen LogP contribution is -2.58. The van der Waals surface area contributed by atoms with Crippen molar-refractivity contribution in [2.75, 3.05) is 26.2 Å². The summed E-state index contributed by atoms with van der Waals surface area (Å²) in [6.45, 7) is 6.97. The maximum absolute atomic E-state index is 15.4. The maximum atomic E-state index is 15.4. The third kappa shape index (κ3) is 21.8. The van der Waals surface area contributed by atoms with Gasteiger partial charge in [-0.25, -0.2) is 13.6 Å². The Kier molecular flexibility index (Phi) is 26.2. The summed E-state index contributed by atoms with van der Waals surface area (Å²) in [5.74, 6) is -11.8. The van der Waals surface area contributed by atoms with Gasteiger partial charge < -0.3 is 72.6 Å². The molecule has 4 rings (SSSR count). The van der Waals surface area contributed by atoms with Gasteiger partial charge in [0.05, 0.1) is 12.5 Å². The zero-order valence-electron chi connectivity index (χ0n) is 48.0. The Morgan fingerprint density at radius 3 is 1.89 bits per heavy atom. The van der Waals surface area contributed by atoms with Gasteiger partial charge in [-0.15, -0.1) is 5.06 Å². The van der Waals surface area contributed by atoms with Crippen LogP contribution in [0.3, 0.4) is 0 Å². The molecule has 85 heavy (non-hydrogen) atoms. The van der Waals surface area contributed by atoms with Crippen LogP contribution < -0.4 is 43.0 Å². The van der Waals surface area contributed by atoms with Crippen molar-refractivity contribution in [2.24, 2.45) is 11.1 Å². The lowest BCUT2D eigenvalue weighted by Gasteiger charge is -2.41. The molecule has 6 atom stereocenters. The van der Waals surface area contributed by atoms with Gasteiger partial charge in [-0.05, 0) is 68.4 Å². The summed E-state index contributed by atoms with van der Waals surface area (Å²) in [6, 6.07) is 5.20. The molecule has 0 bridgehead atoms. The van der Waals surface area contributed by atoms with E-state index in [-0.39, 0.29) is 62.7 Å². The van der Waals surface area contributed by atoms with Crippen LogP contribution in [-0.2, 0) is 68.9 Å². The van der Waals surface area contributed by atoms with Crippen molar-refractivity contribution in [1.82, 2.24) is 51.7 Å². The normalized spacial score (nSPS) is 14.4. The first-order valence-electron chi connectivity index (χ1n) is 27.3. The number of nitrogens with zero attached hydrogens (tertiary/aromatic N) is 3. The molecule has 27 nitrogen and oxygen atoms in total. The van der Waals surface area contributed by atoms with Crippen LogP contribution in [0.2, 0.25) is 0 Å². The number of halogens is 2. The fraction of sp³-hybridized carbons (Fsp3) is 0.500. The maximum Gasteiger partial charge on any atom is 0.333 e. The molecule has 0 radical (unpaired) electrons. The Hall–Kier alpha value is -8.70. The Morgan fingerprint density at radius 1 is 0.729 bits per heavy atom. The second-order valence-electron chi connectivity index (χ2n) is 21.3. The topological polar surface area (TPSA) is 396 Å². The molecule has 1 aliphatic heterocycles. The van der Waals surface area contributed by atoms with Crippen LogP contribution in [0.25, 0.3) is 11.1 Å². The van der Waals surface area contributed by atoms with E-state index in [9.17, 15) is 77.2 Å². The fourth-order valence-corrected chi connectivity index (χ4v) is 9.06. The summed E-state index contributed by atoms with van der Waals surface area (Å²) in [7, 11) is 0. The van der Waals surface area contributed by atoms with E-state index >= 15 is 4.39 Å². The molecule has 1 saturated heterocycles. The minimum atomic E-state index is -1.89. The number of carbonyl (C=O) groups excluding carboxylic acids is 12. The molecule has 1 fully saturated rings. The second-order valence-corrected chi connectivity index (χ2v) is 21.3. The largest absolute Gasteiger partial charge is 0.387 e. The van der Waals surface area contributed by atoms with E-state index in [0.29, 0.717) is 10.8 Å². The summed E-state index contributed by atoms with van der Waals surface area (Å²) in [6.07, 6.45) is -3.45. The molecular weight excluding hydrogens is 1120 g/mol. The number of nitrogens with two attached hydrogens (primary N) is 1. The number of rotatable bonds is 32. The van der Waals surface area contributed by atoms with Crippen molar-refractivity contribution in [3.05, 3.63) is 83.7 Å². The highest BCUT2D eigenvalue weighted by molar-refractivity contribution is 6.01. The number of aromatic nitrogens is 1. The van der Waals surface area contributed by atoms with Crippen LogP contribution in [0.1, 0.15) is 117 Å². The molecule has 0 unspecified atom stereocenters. The van der Waals surface area contributed by atoms with Crippen molar-refractivity contribution in [3.63, 3.8) is 0 Å². The summed E-state index contributed by atoms with van der Waals surface area (Å²) >= 11 is 0. The van der Waals surface area contributed by atoms with E-state index in [0.717, 1.165) is 23.8 Å². The fourth-order valence-electron chi connectivity index (χ4n) is 9.06. The lowest BCUT2D eigenvalue weighted by atomic mass is 9.82. The quantitative estimate of drug-likeness (QED) is 0.0208. The predicted octanol–water partition coefficient (Wildman–Crippen LogP) is -0.760. The molecule has 0 spiro atoms. The van der Waals surface area contributed by atoms with Crippen LogP contribution in [0, 0.1) is 17.0 Å². The number of hydroxylamine groups is 2. The third-order valence-electron chi connectivity index (χ3n) is 13.2. The van der Waals surface area contributed by atoms with E-state index < -0.39 is 169 Å². The average molecular weight is 1200 g/mol. The van der Waals surface area contributed by atoms with E-state index in [2.05, 4.69) is 37.2 Å². The number of imide groups is 1. The lowest BCUT2D eigenvalue weighted by molar-refractivity contribution is -0.197. The number of aliphatic hydroxyl groups excluding tert-OH is 2. The molecule has 1 aromatic heterocycles. The average Bonchev–Trinajstić information content (AvgIpc) is 2.04.